The molecule has 9 nitrogen and oxygen atoms in total. The van der Waals surface area contributed by atoms with Crippen LogP contribution in [0.3, 0.4) is 0 Å². The molecule has 0 bridgehead atoms. The normalized spacial score (nSPS) is 13.7. The molecule has 10 heteroatoms. The lowest BCUT2D eigenvalue weighted by molar-refractivity contribution is -0.385. The third kappa shape index (κ3) is 4.69. The molecule has 31 heavy (non-hydrogen) atoms. The highest BCUT2D eigenvalue weighted by molar-refractivity contribution is 7.12. The molecular formula is C21H19N5O4S. The Morgan fingerprint density at radius 2 is 1.87 bits per heavy atom. The van der Waals surface area contributed by atoms with Gasteiger partial charge in [-0.1, -0.05) is 12.1 Å². The van der Waals surface area contributed by atoms with Crippen LogP contribution in [-0.2, 0) is 0 Å². The van der Waals surface area contributed by atoms with Gasteiger partial charge in [-0.15, -0.1) is 11.3 Å². The van der Waals surface area contributed by atoms with Crippen LogP contribution < -0.4 is 10.2 Å². The Kier molecular flexibility index (Phi) is 5.89. The molecule has 158 valence electrons. The van der Waals surface area contributed by atoms with E-state index < -0.39 is 4.92 Å². The molecule has 2 amide bonds. The number of piperazine rings is 1. The molecule has 3 aromatic rings. The van der Waals surface area contributed by atoms with E-state index in [1.807, 2.05) is 16.3 Å². The van der Waals surface area contributed by atoms with Gasteiger partial charge in [0.1, 0.15) is 12.0 Å². The number of nitro groups is 1. The topological polar surface area (TPSA) is 109 Å². The van der Waals surface area contributed by atoms with E-state index in [0.29, 0.717) is 48.1 Å². The van der Waals surface area contributed by atoms with Gasteiger partial charge in [0.25, 0.3) is 17.5 Å². The summed E-state index contributed by atoms with van der Waals surface area (Å²) in [6.45, 7) is 2.16. The van der Waals surface area contributed by atoms with Gasteiger partial charge in [0, 0.05) is 43.5 Å². The summed E-state index contributed by atoms with van der Waals surface area (Å²) in [6.07, 6.45) is 1.24. The molecule has 1 aliphatic rings. The summed E-state index contributed by atoms with van der Waals surface area (Å²) in [7, 11) is 0. The number of nitrogens with one attached hydrogen (secondary N) is 1. The first-order chi connectivity index (χ1) is 15.0. The van der Waals surface area contributed by atoms with E-state index in [-0.39, 0.29) is 17.5 Å². The number of benzene rings is 1. The van der Waals surface area contributed by atoms with Crippen LogP contribution in [0.1, 0.15) is 20.0 Å². The number of hydrogen-bond donors (Lipinski definition) is 1. The molecule has 1 aromatic carbocycles. The van der Waals surface area contributed by atoms with Crippen molar-refractivity contribution in [1.29, 1.82) is 0 Å². The van der Waals surface area contributed by atoms with E-state index in [4.69, 9.17) is 0 Å². The van der Waals surface area contributed by atoms with Crippen molar-refractivity contribution in [3.05, 3.63) is 80.7 Å². The second-order valence-electron chi connectivity index (χ2n) is 6.92. The first kappa shape index (κ1) is 20.5. The van der Waals surface area contributed by atoms with Crippen molar-refractivity contribution >= 4 is 40.3 Å². The maximum Gasteiger partial charge on any atom is 0.287 e. The van der Waals surface area contributed by atoms with Crippen LogP contribution in [0.2, 0.25) is 0 Å². The smallest absolute Gasteiger partial charge is 0.287 e. The predicted molar refractivity (Wildman–Crippen MR) is 118 cm³/mol. The molecule has 0 unspecified atom stereocenters. The van der Waals surface area contributed by atoms with Crippen molar-refractivity contribution in [2.24, 2.45) is 0 Å². The zero-order valence-corrected chi connectivity index (χ0v) is 17.2. The van der Waals surface area contributed by atoms with E-state index in [1.54, 1.807) is 41.3 Å². The zero-order chi connectivity index (χ0) is 21.8. The van der Waals surface area contributed by atoms with E-state index in [0.717, 1.165) is 0 Å². The molecule has 0 atom stereocenters. The fourth-order valence-electron chi connectivity index (χ4n) is 3.32. The van der Waals surface area contributed by atoms with Crippen LogP contribution >= 0.6 is 11.3 Å². The van der Waals surface area contributed by atoms with Crippen molar-refractivity contribution in [1.82, 2.24) is 9.88 Å². The van der Waals surface area contributed by atoms with Gasteiger partial charge in [-0.05, 0) is 35.7 Å². The van der Waals surface area contributed by atoms with E-state index in [2.05, 4.69) is 10.3 Å². The van der Waals surface area contributed by atoms with Crippen LogP contribution in [0.15, 0.2) is 60.1 Å². The number of pyridine rings is 1. The summed E-state index contributed by atoms with van der Waals surface area (Å²) in [4.78, 5) is 44.0. The highest BCUT2D eigenvalue weighted by Gasteiger charge is 2.23. The summed E-state index contributed by atoms with van der Waals surface area (Å²) in [5.41, 5.74) is 1.02. The summed E-state index contributed by atoms with van der Waals surface area (Å²) in [5, 5.41) is 15.4. The molecule has 0 aliphatic carbocycles. The third-order valence-electron chi connectivity index (χ3n) is 4.95. The SMILES string of the molecule is O=C(Nc1cccc(C(=O)N2CCN(c3ccc([N+](=O)[O-])cn3)CC2)c1)c1cccs1. The Hall–Kier alpha value is -3.79. The number of thiophene rings is 1. The van der Waals surface area contributed by atoms with Crippen LogP contribution in [0.5, 0.6) is 0 Å². The summed E-state index contributed by atoms with van der Waals surface area (Å²) in [5.74, 6) is 0.336. The Labute approximate surface area is 182 Å². The van der Waals surface area contributed by atoms with Crippen LogP contribution in [0.25, 0.3) is 0 Å². The second kappa shape index (κ2) is 8.92. The van der Waals surface area contributed by atoms with E-state index in [9.17, 15) is 19.7 Å². The van der Waals surface area contributed by atoms with Gasteiger partial charge < -0.3 is 15.1 Å². The number of amides is 2. The highest BCUT2D eigenvalue weighted by atomic mass is 32.1. The van der Waals surface area contributed by atoms with Gasteiger partial charge in [0.15, 0.2) is 0 Å². The van der Waals surface area contributed by atoms with Crippen molar-refractivity contribution in [3.8, 4) is 0 Å². The number of carbonyl (C=O) groups excluding carboxylic acids is 2. The Bertz CT molecular complexity index is 1090. The number of rotatable bonds is 5. The quantitative estimate of drug-likeness (QED) is 0.485. The molecule has 1 aliphatic heterocycles. The van der Waals surface area contributed by atoms with Gasteiger partial charge in [-0.25, -0.2) is 4.98 Å². The third-order valence-corrected chi connectivity index (χ3v) is 5.81. The average molecular weight is 437 g/mol. The molecular weight excluding hydrogens is 418 g/mol. The van der Waals surface area contributed by atoms with E-state index >= 15 is 0 Å². The lowest BCUT2D eigenvalue weighted by Crippen LogP contribution is -2.49. The van der Waals surface area contributed by atoms with Gasteiger partial charge in [0.05, 0.1) is 9.80 Å². The highest BCUT2D eigenvalue weighted by Crippen LogP contribution is 2.20. The zero-order valence-electron chi connectivity index (χ0n) is 16.4. The number of carbonyl (C=O) groups is 2. The van der Waals surface area contributed by atoms with Gasteiger partial charge in [0.2, 0.25) is 0 Å². The molecule has 3 heterocycles. The standard InChI is InChI=1S/C21H19N5O4S/c27-20(18-5-2-12-31-18)23-16-4-1-3-15(13-16)21(28)25-10-8-24(9-11-25)19-7-6-17(14-22-19)26(29)30/h1-7,12-14H,8-11H2,(H,23,27). The molecule has 1 fully saturated rings. The fourth-order valence-corrected chi connectivity index (χ4v) is 3.94. The van der Waals surface area contributed by atoms with Crippen molar-refractivity contribution < 1.29 is 14.5 Å². The lowest BCUT2D eigenvalue weighted by atomic mass is 10.1. The maximum atomic E-state index is 12.9. The Morgan fingerprint density at radius 1 is 1.06 bits per heavy atom. The first-order valence-electron chi connectivity index (χ1n) is 9.61. The maximum absolute atomic E-state index is 12.9. The largest absolute Gasteiger partial charge is 0.353 e. The number of anilines is 2. The van der Waals surface area contributed by atoms with Crippen molar-refractivity contribution in [2.75, 3.05) is 36.4 Å². The molecule has 2 aromatic heterocycles. The second-order valence-corrected chi connectivity index (χ2v) is 7.87. The van der Waals surface area contributed by atoms with Crippen molar-refractivity contribution in [2.45, 2.75) is 0 Å². The Morgan fingerprint density at radius 3 is 2.52 bits per heavy atom. The van der Waals surface area contributed by atoms with Gasteiger partial charge in [-0.2, -0.15) is 0 Å². The number of nitrogens with zero attached hydrogens (tertiary/aromatic N) is 4. The predicted octanol–water partition coefficient (Wildman–Crippen LogP) is 3.27. The van der Waals surface area contributed by atoms with Crippen LogP contribution in [-0.4, -0.2) is 52.8 Å². The average Bonchev–Trinajstić information content (AvgIpc) is 3.34. The molecule has 1 saturated heterocycles. The number of aromatic nitrogens is 1. The van der Waals surface area contributed by atoms with Gasteiger partial charge in [-0.3, -0.25) is 19.7 Å². The number of hydrogen-bond acceptors (Lipinski definition) is 7. The molecule has 0 radical (unpaired) electrons. The molecule has 4 rings (SSSR count). The van der Waals surface area contributed by atoms with Crippen molar-refractivity contribution in [3.63, 3.8) is 0 Å². The minimum absolute atomic E-state index is 0.0522. The van der Waals surface area contributed by atoms with Crippen LogP contribution in [0, 0.1) is 10.1 Å². The summed E-state index contributed by atoms with van der Waals surface area (Å²) < 4.78 is 0. The van der Waals surface area contributed by atoms with E-state index in [1.165, 1.54) is 23.6 Å². The van der Waals surface area contributed by atoms with Gasteiger partial charge >= 0.3 is 0 Å². The Balaban J connectivity index is 1.37. The summed E-state index contributed by atoms with van der Waals surface area (Å²) >= 11 is 1.35. The summed E-state index contributed by atoms with van der Waals surface area (Å²) in [6, 6.07) is 13.5. The minimum atomic E-state index is -0.482. The molecule has 1 N–H and O–H groups in total. The molecule has 0 saturated carbocycles. The van der Waals surface area contributed by atoms with Crippen LogP contribution in [0.4, 0.5) is 17.2 Å². The monoisotopic (exact) mass is 437 g/mol. The lowest BCUT2D eigenvalue weighted by Gasteiger charge is -2.35. The first-order valence-corrected chi connectivity index (χ1v) is 10.5. The fraction of sp³-hybridized carbons (Fsp3) is 0.190. The minimum Gasteiger partial charge on any atom is -0.353 e. The molecule has 0 spiro atoms.